The molecule has 3 aromatic heterocycles. The second-order valence-electron chi connectivity index (χ2n) is 11.4. The molecule has 0 saturated carbocycles. The normalized spacial score (nSPS) is 16.4. The number of carbonyl (C=O) groups is 1. The van der Waals surface area contributed by atoms with Crippen molar-refractivity contribution in [2.24, 2.45) is 5.73 Å². The number of nitrogens with two attached hydrogens (primary N) is 1. The Labute approximate surface area is 255 Å². The quantitative estimate of drug-likeness (QED) is 0.189. The van der Waals surface area contributed by atoms with Crippen molar-refractivity contribution < 1.29 is 9.53 Å². The van der Waals surface area contributed by atoms with Gasteiger partial charge in [0.1, 0.15) is 11.6 Å². The maximum absolute atomic E-state index is 12.0. The second-order valence-corrected chi connectivity index (χ2v) is 11.4. The molecule has 44 heavy (non-hydrogen) atoms. The van der Waals surface area contributed by atoms with E-state index in [1.807, 2.05) is 24.3 Å². The Morgan fingerprint density at radius 1 is 0.955 bits per heavy atom. The number of rotatable bonds is 10. The molecule has 0 radical (unpaired) electrons. The molecular formula is C34H36N8O2. The van der Waals surface area contributed by atoms with Gasteiger partial charge in [0.05, 0.1) is 25.7 Å². The van der Waals surface area contributed by atoms with Gasteiger partial charge < -0.3 is 25.0 Å². The van der Waals surface area contributed by atoms with Crippen LogP contribution in [0.25, 0.3) is 21.8 Å². The van der Waals surface area contributed by atoms with E-state index in [1.165, 1.54) is 21.9 Å². The number of hydrogen-bond donors (Lipinski definition) is 4. The predicted octanol–water partition coefficient (Wildman–Crippen LogP) is 4.28. The molecule has 1 saturated heterocycles. The lowest BCUT2D eigenvalue weighted by molar-refractivity contribution is -0.121. The number of aromatic amines is 2. The third-order valence-corrected chi connectivity index (χ3v) is 8.80. The Bertz CT molecular complexity index is 1900. The van der Waals surface area contributed by atoms with Crippen LogP contribution in [0.1, 0.15) is 40.8 Å². The molecule has 1 aliphatic heterocycles. The van der Waals surface area contributed by atoms with E-state index < -0.39 is 0 Å². The molecule has 0 aliphatic carbocycles. The van der Waals surface area contributed by atoms with Gasteiger partial charge in [-0.2, -0.15) is 0 Å². The maximum Gasteiger partial charge on any atom is 0.234 e. The molecule has 4 heterocycles. The molecule has 1 amide bonds. The lowest BCUT2D eigenvalue weighted by Crippen LogP contribution is -2.54. The fraction of sp³-hybridized carbons (Fsp3) is 0.265. The van der Waals surface area contributed by atoms with Gasteiger partial charge in [-0.1, -0.05) is 48.5 Å². The molecule has 10 nitrogen and oxygen atoms in total. The number of H-pyrrole nitrogens is 2. The number of hydrogen-bond acceptors (Lipinski definition) is 6. The maximum atomic E-state index is 12.0. The lowest BCUT2D eigenvalue weighted by Gasteiger charge is -2.37. The van der Waals surface area contributed by atoms with Crippen molar-refractivity contribution in [3.63, 3.8) is 0 Å². The number of ether oxygens (including phenoxy) is 1. The number of carbonyl (C=O) groups excluding carboxylic acids is 1. The number of benzene rings is 3. The number of methoxy groups -OCH3 is 1. The van der Waals surface area contributed by atoms with Crippen molar-refractivity contribution in [2.75, 3.05) is 20.3 Å². The Balaban J connectivity index is 1.30. The highest BCUT2D eigenvalue weighted by molar-refractivity contribution is 5.84. The van der Waals surface area contributed by atoms with Gasteiger partial charge in [-0.3, -0.25) is 15.0 Å². The molecule has 6 aromatic rings. The van der Waals surface area contributed by atoms with Crippen LogP contribution < -0.4 is 15.8 Å². The van der Waals surface area contributed by atoms with Gasteiger partial charge in [0.25, 0.3) is 0 Å². The summed E-state index contributed by atoms with van der Waals surface area (Å²) >= 11 is 0. The molecule has 10 heteroatoms. The van der Waals surface area contributed by atoms with E-state index in [4.69, 9.17) is 20.7 Å². The number of fused-ring (bicyclic) bond motifs is 2. The molecule has 3 aromatic carbocycles. The van der Waals surface area contributed by atoms with E-state index in [2.05, 4.69) is 85.7 Å². The van der Waals surface area contributed by atoms with Gasteiger partial charge in [-0.25, -0.2) is 0 Å². The van der Waals surface area contributed by atoms with Gasteiger partial charge in [0.15, 0.2) is 5.82 Å². The minimum atomic E-state index is -0.338. The minimum Gasteiger partial charge on any atom is -0.497 e. The van der Waals surface area contributed by atoms with Gasteiger partial charge in [-0.05, 0) is 53.8 Å². The molecule has 1 unspecified atom stereocenters. The van der Waals surface area contributed by atoms with Crippen LogP contribution in [0.2, 0.25) is 0 Å². The summed E-state index contributed by atoms with van der Waals surface area (Å²) in [6.07, 6.45) is 6.15. The fourth-order valence-corrected chi connectivity index (χ4v) is 6.37. The van der Waals surface area contributed by atoms with Crippen LogP contribution in [0.3, 0.4) is 0 Å². The molecule has 0 bridgehead atoms. The molecule has 2 atom stereocenters. The standard InChI is InChI=1S/C34H36N8O2/c1-44-25-12-10-22(11-13-25)20-42-32(17-24-19-37-29-9-5-3-7-27(24)29)39-40-34(42)31(41-15-14-30(33(35)43)38-21-41)16-23-18-36-28-8-4-2-6-26(23)28/h2-13,18-19,30-31,36-38H,14-17,20-21H2,1H3,(H2,35,43)/t30?,31-/m1/s1. The first-order chi connectivity index (χ1) is 21.6. The van der Waals surface area contributed by atoms with Crippen molar-refractivity contribution in [3.8, 4) is 5.75 Å². The van der Waals surface area contributed by atoms with E-state index >= 15 is 0 Å². The van der Waals surface area contributed by atoms with Gasteiger partial charge in [-0.15, -0.1) is 10.2 Å². The minimum absolute atomic E-state index is 0.0991. The summed E-state index contributed by atoms with van der Waals surface area (Å²) < 4.78 is 7.68. The van der Waals surface area contributed by atoms with Crippen LogP contribution in [0.4, 0.5) is 0 Å². The van der Waals surface area contributed by atoms with Crippen molar-refractivity contribution in [1.29, 1.82) is 0 Å². The summed E-state index contributed by atoms with van der Waals surface area (Å²) in [6.45, 7) is 1.84. The zero-order valence-electron chi connectivity index (χ0n) is 24.7. The third-order valence-electron chi connectivity index (χ3n) is 8.80. The van der Waals surface area contributed by atoms with Gasteiger partial charge in [0.2, 0.25) is 5.91 Å². The van der Waals surface area contributed by atoms with Crippen LogP contribution >= 0.6 is 0 Å². The van der Waals surface area contributed by atoms with E-state index in [9.17, 15) is 4.79 Å². The van der Waals surface area contributed by atoms with Crippen LogP contribution in [0.5, 0.6) is 5.75 Å². The second kappa shape index (κ2) is 12.0. The summed E-state index contributed by atoms with van der Waals surface area (Å²) in [4.78, 5) is 21.1. The molecule has 0 spiro atoms. The molecular weight excluding hydrogens is 552 g/mol. The average molecular weight is 589 g/mol. The van der Waals surface area contributed by atoms with Crippen LogP contribution in [0.15, 0.2) is 85.2 Å². The van der Waals surface area contributed by atoms with Crippen molar-refractivity contribution in [3.05, 3.63) is 114 Å². The Morgan fingerprint density at radius 2 is 1.64 bits per heavy atom. The van der Waals surface area contributed by atoms with E-state index in [1.54, 1.807) is 7.11 Å². The highest BCUT2D eigenvalue weighted by atomic mass is 16.5. The van der Waals surface area contributed by atoms with Crippen molar-refractivity contribution in [1.82, 2.24) is 34.9 Å². The topological polar surface area (TPSA) is 130 Å². The first kappa shape index (κ1) is 27.9. The first-order valence-electron chi connectivity index (χ1n) is 15.0. The summed E-state index contributed by atoms with van der Waals surface area (Å²) in [5.74, 6) is 2.28. The first-order valence-corrected chi connectivity index (χ1v) is 15.0. The number of aromatic nitrogens is 5. The number of nitrogens with zero attached hydrogens (tertiary/aromatic N) is 4. The number of primary amides is 1. The van der Waals surface area contributed by atoms with Crippen LogP contribution in [0, 0.1) is 0 Å². The van der Waals surface area contributed by atoms with Crippen molar-refractivity contribution >= 4 is 27.7 Å². The van der Waals surface area contributed by atoms with E-state index in [0.29, 0.717) is 32.6 Å². The lowest BCUT2D eigenvalue weighted by atomic mass is 10.0. The number of para-hydroxylation sites is 2. The van der Waals surface area contributed by atoms with Gasteiger partial charge in [0, 0.05) is 53.8 Å². The monoisotopic (exact) mass is 588 g/mol. The third kappa shape index (κ3) is 5.45. The fourth-order valence-electron chi connectivity index (χ4n) is 6.37. The summed E-state index contributed by atoms with van der Waals surface area (Å²) in [7, 11) is 1.68. The molecule has 1 aliphatic rings. The van der Waals surface area contributed by atoms with Crippen LogP contribution in [-0.4, -0.2) is 61.9 Å². The van der Waals surface area contributed by atoms with Crippen LogP contribution in [-0.2, 0) is 24.2 Å². The van der Waals surface area contributed by atoms with E-state index in [-0.39, 0.29) is 18.0 Å². The zero-order chi connectivity index (χ0) is 30.0. The summed E-state index contributed by atoms with van der Waals surface area (Å²) in [5.41, 5.74) is 11.4. The highest BCUT2D eigenvalue weighted by Gasteiger charge is 2.32. The number of amides is 1. The number of nitrogens with one attached hydrogen (secondary N) is 3. The zero-order valence-corrected chi connectivity index (χ0v) is 24.7. The van der Waals surface area contributed by atoms with Crippen molar-refractivity contribution in [2.45, 2.75) is 37.9 Å². The van der Waals surface area contributed by atoms with E-state index in [0.717, 1.165) is 40.4 Å². The predicted molar refractivity (Wildman–Crippen MR) is 170 cm³/mol. The largest absolute Gasteiger partial charge is 0.497 e. The molecule has 7 rings (SSSR count). The Kier molecular flexibility index (Phi) is 7.59. The Hall–Kier alpha value is -4.93. The highest BCUT2D eigenvalue weighted by Crippen LogP contribution is 2.31. The van der Waals surface area contributed by atoms with Gasteiger partial charge >= 0.3 is 0 Å². The average Bonchev–Trinajstić information content (AvgIpc) is 3.78. The molecule has 224 valence electrons. The molecule has 5 N–H and O–H groups in total. The molecule has 1 fully saturated rings. The SMILES string of the molecule is COc1ccc(Cn2c(Cc3c[nH]c4ccccc34)nnc2[C@@H](Cc2c[nH]c3ccccc23)N2CCC(C(N)=O)NC2)cc1. The Morgan fingerprint density at radius 3 is 2.30 bits per heavy atom. The smallest absolute Gasteiger partial charge is 0.234 e. The summed E-state index contributed by atoms with van der Waals surface area (Å²) in [6, 6.07) is 24.4. The summed E-state index contributed by atoms with van der Waals surface area (Å²) in [5, 5.41) is 15.5.